The summed E-state index contributed by atoms with van der Waals surface area (Å²) in [5.74, 6) is 0.318. The van der Waals surface area contributed by atoms with Gasteiger partial charge in [-0.25, -0.2) is 0 Å². The van der Waals surface area contributed by atoms with E-state index >= 15 is 0 Å². The Morgan fingerprint density at radius 2 is 2.31 bits per heavy atom. The minimum atomic E-state index is -0.202. The highest BCUT2D eigenvalue weighted by Crippen LogP contribution is 2.17. The van der Waals surface area contributed by atoms with E-state index in [0.717, 1.165) is 0 Å². The molecule has 1 N–H and O–H groups in total. The summed E-state index contributed by atoms with van der Waals surface area (Å²) in [5, 5.41) is 7.32. The van der Waals surface area contributed by atoms with Gasteiger partial charge in [0.05, 0.1) is 0 Å². The molecule has 0 aromatic carbocycles. The Balaban J connectivity index is 2.52. The van der Waals surface area contributed by atoms with Gasteiger partial charge in [0.2, 0.25) is 11.4 Å². The molecule has 0 bridgehead atoms. The second kappa shape index (κ2) is 3.14. The Bertz CT molecular complexity index is 476. The van der Waals surface area contributed by atoms with Crippen LogP contribution in [0, 0.1) is 0 Å². The standard InChI is InChI=1S/C7H4BrN3O2/c8-7-11-10-6(13-7)4-1-2-9-5(12)3-4/h1-3H,(H,9,12). The quantitative estimate of drug-likeness (QED) is 0.815. The zero-order valence-corrected chi connectivity index (χ0v) is 7.91. The van der Waals surface area contributed by atoms with Gasteiger partial charge < -0.3 is 9.40 Å². The summed E-state index contributed by atoms with van der Waals surface area (Å²) in [6, 6.07) is 3.07. The van der Waals surface area contributed by atoms with Crippen LogP contribution >= 0.6 is 15.9 Å². The van der Waals surface area contributed by atoms with Gasteiger partial charge in [-0.05, 0) is 6.07 Å². The summed E-state index contributed by atoms with van der Waals surface area (Å²) in [4.78, 5) is 13.7. The second-order valence-electron chi connectivity index (χ2n) is 2.30. The third kappa shape index (κ3) is 1.67. The molecule has 0 unspecified atom stereocenters. The molecule has 2 rings (SSSR count). The lowest BCUT2D eigenvalue weighted by Gasteiger charge is -1.90. The van der Waals surface area contributed by atoms with Crippen molar-refractivity contribution < 1.29 is 4.42 Å². The second-order valence-corrected chi connectivity index (χ2v) is 2.98. The molecule has 2 aromatic heterocycles. The number of aromatic amines is 1. The van der Waals surface area contributed by atoms with E-state index in [1.807, 2.05) is 0 Å². The molecule has 0 aliphatic carbocycles. The van der Waals surface area contributed by atoms with Crippen molar-refractivity contribution in [1.29, 1.82) is 0 Å². The number of H-pyrrole nitrogens is 1. The fourth-order valence-electron chi connectivity index (χ4n) is 0.900. The topological polar surface area (TPSA) is 71.8 Å². The highest BCUT2D eigenvalue weighted by Gasteiger charge is 2.05. The Morgan fingerprint density at radius 1 is 1.46 bits per heavy atom. The molecule has 13 heavy (non-hydrogen) atoms. The highest BCUT2D eigenvalue weighted by atomic mass is 79.9. The molecule has 0 atom stereocenters. The summed E-state index contributed by atoms with van der Waals surface area (Å²) in [7, 11) is 0. The molecular weight excluding hydrogens is 238 g/mol. The number of hydrogen-bond acceptors (Lipinski definition) is 4. The smallest absolute Gasteiger partial charge is 0.285 e. The van der Waals surface area contributed by atoms with Crippen molar-refractivity contribution in [2.45, 2.75) is 0 Å². The molecule has 0 aliphatic rings. The van der Waals surface area contributed by atoms with Crippen LogP contribution in [0.3, 0.4) is 0 Å². The number of nitrogens with one attached hydrogen (secondary N) is 1. The predicted molar refractivity (Wildman–Crippen MR) is 48.1 cm³/mol. The summed E-state index contributed by atoms with van der Waals surface area (Å²) in [6.07, 6.45) is 1.52. The van der Waals surface area contributed by atoms with Gasteiger partial charge >= 0.3 is 0 Å². The van der Waals surface area contributed by atoms with E-state index in [1.165, 1.54) is 12.3 Å². The first-order valence-corrected chi connectivity index (χ1v) is 4.23. The van der Waals surface area contributed by atoms with Crippen molar-refractivity contribution in [2.75, 3.05) is 0 Å². The number of nitrogens with zero attached hydrogens (tertiary/aromatic N) is 2. The van der Waals surface area contributed by atoms with E-state index in [2.05, 4.69) is 31.1 Å². The summed E-state index contributed by atoms with van der Waals surface area (Å²) in [5.41, 5.74) is 0.397. The van der Waals surface area contributed by atoms with Gasteiger partial charge in [-0.1, -0.05) is 0 Å². The van der Waals surface area contributed by atoms with Crippen molar-refractivity contribution in [3.63, 3.8) is 0 Å². The van der Waals surface area contributed by atoms with E-state index in [4.69, 9.17) is 4.42 Å². The fraction of sp³-hybridized carbons (Fsp3) is 0. The van der Waals surface area contributed by atoms with Gasteiger partial charge in [0.15, 0.2) is 0 Å². The Kier molecular flexibility index (Phi) is 1.97. The maximum absolute atomic E-state index is 10.9. The molecule has 66 valence electrons. The number of aromatic nitrogens is 3. The molecule has 0 spiro atoms. The first-order valence-electron chi connectivity index (χ1n) is 3.44. The maximum atomic E-state index is 10.9. The lowest BCUT2D eigenvalue weighted by molar-refractivity contribution is 0.540. The molecule has 0 fully saturated rings. The predicted octanol–water partition coefficient (Wildman–Crippen LogP) is 1.19. The minimum Gasteiger partial charge on any atom is -0.411 e. The maximum Gasteiger partial charge on any atom is 0.285 e. The van der Waals surface area contributed by atoms with Crippen molar-refractivity contribution >= 4 is 15.9 Å². The zero-order chi connectivity index (χ0) is 9.26. The van der Waals surface area contributed by atoms with E-state index in [-0.39, 0.29) is 5.56 Å². The number of pyridine rings is 1. The summed E-state index contributed by atoms with van der Waals surface area (Å²) < 4.78 is 5.07. The first-order chi connectivity index (χ1) is 6.25. The van der Waals surface area contributed by atoms with Crippen LogP contribution < -0.4 is 5.56 Å². The van der Waals surface area contributed by atoms with Crippen LogP contribution in [0.4, 0.5) is 0 Å². The minimum absolute atomic E-state index is 0.202. The van der Waals surface area contributed by atoms with Gasteiger partial charge in [-0.3, -0.25) is 4.79 Å². The van der Waals surface area contributed by atoms with Crippen LogP contribution in [0.25, 0.3) is 11.5 Å². The number of halogens is 1. The summed E-state index contributed by atoms with van der Waals surface area (Å²) in [6.45, 7) is 0. The Morgan fingerprint density at radius 3 is 2.92 bits per heavy atom. The largest absolute Gasteiger partial charge is 0.411 e. The number of rotatable bonds is 1. The lowest BCUT2D eigenvalue weighted by atomic mass is 10.3. The molecule has 2 aromatic rings. The van der Waals surface area contributed by atoms with Crippen LogP contribution in [0.2, 0.25) is 0 Å². The first kappa shape index (κ1) is 8.18. The molecule has 0 aliphatic heterocycles. The monoisotopic (exact) mass is 241 g/mol. The molecular formula is C7H4BrN3O2. The molecule has 5 nitrogen and oxygen atoms in total. The van der Waals surface area contributed by atoms with Crippen molar-refractivity contribution in [3.8, 4) is 11.5 Å². The summed E-state index contributed by atoms with van der Waals surface area (Å²) >= 11 is 3.02. The molecule has 0 saturated heterocycles. The van der Waals surface area contributed by atoms with E-state index in [0.29, 0.717) is 16.3 Å². The van der Waals surface area contributed by atoms with Gasteiger partial charge in [0, 0.05) is 33.8 Å². The fourth-order valence-corrected chi connectivity index (χ4v) is 1.13. The third-order valence-corrected chi connectivity index (χ3v) is 1.74. The highest BCUT2D eigenvalue weighted by molar-refractivity contribution is 9.10. The molecule has 6 heteroatoms. The van der Waals surface area contributed by atoms with Crippen molar-refractivity contribution in [1.82, 2.24) is 15.2 Å². The van der Waals surface area contributed by atoms with Crippen molar-refractivity contribution in [3.05, 3.63) is 33.5 Å². The van der Waals surface area contributed by atoms with E-state index in [9.17, 15) is 4.79 Å². The van der Waals surface area contributed by atoms with E-state index in [1.54, 1.807) is 6.07 Å². The van der Waals surface area contributed by atoms with Crippen LogP contribution in [-0.4, -0.2) is 15.2 Å². The Hall–Kier alpha value is -1.43. The SMILES string of the molecule is O=c1cc(-c2nnc(Br)o2)cc[nH]1. The van der Waals surface area contributed by atoms with Gasteiger partial charge in [-0.2, -0.15) is 0 Å². The van der Waals surface area contributed by atoms with Gasteiger partial charge in [0.25, 0.3) is 4.80 Å². The zero-order valence-electron chi connectivity index (χ0n) is 6.32. The lowest BCUT2D eigenvalue weighted by Crippen LogP contribution is -2.01. The Labute approximate surface area is 80.9 Å². The molecule has 0 radical (unpaired) electrons. The molecule has 2 heterocycles. The van der Waals surface area contributed by atoms with Crippen molar-refractivity contribution in [2.24, 2.45) is 0 Å². The average molecular weight is 242 g/mol. The van der Waals surface area contributed by atoms with Crippen LogP contribution in [0.1, 0.15) is 0 Å². The van der Waals surface area contributed by atoms with Crippen LogP contribution in [0.15, 0.2) is 32.3 Å². The van der Waals surface area contributed by atoms with E-state index < -0.39 is 0 Å². The molecule has 0 amide bonds. The molecule has 0 saturated carbocycles. The van der Waals surface area contributed by atoms with Gasteiger partial charge in [0.1, 0.15) is 0 Å². The number of hydrogen-bond donors (Lipinski definition) is 1. The normalized spacial score (nSPS) is 10.2. The average Bonchev–Trinajstić information content (AvgIpc) is 2.52. The van der Waals surface area contributed by atoms with Crippen LogP contribution in [-0.2, 0) is 0 Å². The third-order valence-electron chi connectivity index (χ3n) is 1.42. The van der Waals surface area contributed by atoms with Crippen LogP contribution in [0.5, 0.6) is 0 Å². The van der Waals surface area contributed by atoms with Gasteiger partial charge in [-0.15, -0.1) is 10.2 Å².